The Morgan fingerprint density at radius 3 is 2.89 bits per heavy atom. The summed E-state index contributed by atoms with van der Waals surface area (Å²) >= 11 is 6.00. The number of aliphatic imine (C=N–C) groups is 1. The van der Waals surface area contributed by atoms with Crippen molar-refractivity contribution in [3.8, 4) is 0 Å². The summed E-state index contributed by atoms with van der Waals surface area (Å²) in [7, 11) is 0. The van der Waals surface area contributed by atoms with E-state index >= 15 is 0 Å². The van der Waals surface area contributed by atoms with E-state index in [0.29, 0.717) is 6.04 Å². The molecule has 0 amide bonds. The van der Waals surface area contributed by atoms with Gasteiger partial charge in [-0.2, -0.15) is 0 Å². The molecule has 96 valence electrons. The molecule has 1 saturated carbocycles. The Hall–Kier alpha value is -1.29. The van der Waals surface area contributed by atoms with Gasteiger partial charge in [0.2, 0.25) is 0 Å². The lowest BCUT2D eigenvalue weighted by Crippen LogP contribution is -2.31. The molecule has 1 atom stereocenters. The number of rotatable bonds is 1. The van der Waals surface area contributed by atoms with Crippen LogP contribution in [0.5, 0.6) is 0 Å². The van der Waals surface area contributed by atoms with Crippen molar-refractivity contribution in [2.45, 2.75) is 44.3 Å². The number of hydrogen-bond acceptors (Lipinski definition) is 3. The molecule has 4 nitrogen and oxygen atoms in total. The molecular formula is C13H16ClN3O. The normalized spacial score (nSPS) is 22.9. The topological polar surface area (TPSA) is 46.4 Å². The van der Waals surface area contributed by atoms with Crippen LogP contribution in [0.4, 0.5) is 5.82 Å². The van der Waals surface area contributed by atoms with E-state index in [4.69, 9.17) is 11.6 Å². The van der Waals surface area contributed by atoms with Crippen molar-refractivity contribution in [3.63, 3.8) is 0 Å². The first-order valence-electron chi connectivity index (χ1n) is 6.37. The number of aryl methyl sites for hydroxylation is 1. The molecule has 0 bridgehead atoms. The van der Waals surface area contributed by atoms with Gasteiger partial charge in [-0.05, 0) is 25.3 Å². The van der Waals surface area contributed by atoms with E-state index < -0.39 is 5.62 Å². The third-order valence-corrected chi connectivity index (χ3v) is 4.00. The SMILES string of the molecule is Cc1cc(=O)n(C2CCCC2)c2c1C=NC(Cl)N2. The van der Waals surface area contributed by atoms with Gasteiger partial charge in [-0.3, -0.25) is 14.4 Å². The smallest absolute Gasteiger partial charge is 0.252 e. The summed E-state index contributed by atoms with van der Waals surface area (Å²) in [5.41, 5.74) is 1.51. The summed E-state index contributed by atoms with van der Waals surface area (Å²) in [5, 5.41) is 3.12. The summed E-state index contributed by atoms with van der Waals surface area (Å²) in [6.07, 6.45) is 6.29. The number of nitrogens with zero attached hydrogens (tertiary/aromatic N) is 2. The fourth-order valence-electron chi connectivity index (χ4n) is 2.88. The number of anilines is 1. The zero-order valence-electron chi connectivity index (χ0n) is 10.3. The molecular weight excluding hydrogens is 250 g/mol. The van der Waals surface area contributed by atoms with Crippen LogP contribution in [0.1, 0.15) is 42.9 Å². The van der Waals surface area contributed by atoms with Crippen molar-refractivity contribution in [2.24, 2.45) is 4.99 Å². The maximum absolute atomic E-state index is 12.2. The molecule has 1 N–H and O–H groups in total. The quantitative estimate of drug-likeness (QED) is 0.627. The monoisotopic (exact) mass is 265 g/mol. The van der Waals surface area contributed by atoms with Gasteiger partial charge in [0.25, 0.3) is 5.56 Å². The highest BCUT2D eigenvalue weighted by Gasteiger charge is 2.25. The molecule has 1 aromatic heterocycles. The van der Waals surface area contributed by atoms with Crippen LogP contribution in [0.25, 0.3) is 0 Å². The second kappa shape index (κ2) is 4.43. The molecule has 0 radical (unpaired) electrons. The lowest BCUT2D eigenvalue weighted by molar-refractivity contribution is 0.505. The molecule has 3 rings (SSSR count). The van der Waals surface area contributed by atoms with Gasteiger partial charge in [0.15, 0.2) is 5.62 Å². The third-order valence-electron chi connectivity index (χ3n) is 3.78. The molecule has 2 aliphatic rings. The Bertz CT molecular complexity index is 558. The second-order valence-electron chi connectivity index (χ2n) is 4.99. The molecule has 0 saturated heterocycles. The van der Waals surface area contributed by atoms with E-state index in [-0.39, 0.29) is 5.56 Å². The van der Waals surface area contributed by atoms with Crippen molar-refractivity contribution in [2.75, 3.05) is 5.32 Å². The van der Waals surface area contributed by atoms with Gasteiger partial charge >= 0.3 is 0 Å². The Morgan fingerprint density at radius 1 is 1.44 bits per heavy atom. The third kappa shape index (κ3) is 1.85. The molecule has 5 heteroatoms. The van der Waals surface area contributed by atoms with E-state index in [1.807, 2.05) is 11.5 Å². The highest BCUT2D eigenvalue weighted by Crippen LogP contribution is 2.33. The average molecular weight is 266 g/mol. The van der Waals surface area contributed by atoms with Gasteiger partial charge in [-0.25, -0.2) is 0 Å². The average Bonchev–Trinajstić information content (AvgIpc) is 2.82. The van der Waals surface area contributed by atoms with Crippen LogP contribution >= 0.6 is 11.6 Å². The summed E-state index contributed by atoms with van der Waals surface area (Å²) < 4.78 is 1.87. The minimum Gasteiger partial charge on any atom is -0.337 e. The molecule has 0 aromatic carbocycles. The minimum absolute atomic E-state index is 0.0600. The highest BCUT2D eigenvalue weighted by atomic mass is 35.5. The molecule has 1 fully saturated rings. The number of hydrogen-bond donors (Lipinski definition) is 1. The lowest BCUT2D eigenvalue weighted by atomic mass is 10.1. The van der Waals surface area contributed by atoms with Crippen molar-refractivity contribution >= 4 is 23.6 Å². The van der Waals surface area contributed by atoms with Gasteiger partial charge < -0.3 is 5.32 Å². The van der Waals surface area contributed by atoms with Crippen LogP contribution in [-0.4, -0.2) is 16.4 Å². The number of pyridine rings is 1. The van der Waals surface area contributed by atoms with Gasteiger partial charge in [-0.15, -0.1) is 0 Å². The summed E-state index contributed by atoms with van der Waals surface area (Å²) in [4.78, 5) is 16.4. The van der Waals surface area contributed by atoms with Crippen LogP contribution in [0.15, 0.2) is 15.9 Å². The van der Waals surface area contributed by atoms with E-state index in [9.17, 15) is 4.79 Å². The predicted octanol–water partition coefficient (Wildman–Crippen LogP) is 2.64. The van der Waals surface area contributed by atoms with Gasteiger partial charge in [-0.1, -0.05) is 24.4 Å². The lowest BCUT2D eigenvalue weighted by Gasteiger charge is -2.26. The molecule has 18 heavy (non-hydrogen) atoms. The van der Waals surface area contributed by atoms with E-state index in [0.717, 1.165) is 29.8 Å². The van der Waals surface area contributed by atoms with Gasteiger partial charge in [0.1, 0.15) is 5.82 Å². The van der Waals surface area contributed by atoms with Gasteiger partial charge in [0.05, 0.1) is 0 Å². The number of halogens is 1. The summed E-state index contributed by atoms with van der Waals surface area (Å²) in [5.74, 6) is 0.835. The number of alkyl halides is 1. The highest BCUT2D eigenvalue weighted by molar-refractivity contribution is 6.22. The molecule has 2 heterocycles. The van der Waals surface area contributed by atoms with Crippen LogP contribution in [0.3, 0.4) is 0 Å². The van der Waals surface area contributed by atoms with E-state index in [2.05, 4.69) is 10.3 Å². The van der Waals surface area contributed by atoms with E-state index in [1.54, 1.807) is 12.3 Å². The molecule has 0 spiro atoms. The Morgan fingerprint density at radius 2 is 2.17 bits per heavy atom. The zero-order valence-corrected chi connectivity index (χ0v) is 11.1. The van der Waals surface area contributed by atoms with Crippen molar-refractivity contribution in [1.29, 1.82) is 0 Å². The first kappa shape index (κ1) is 11.8. The predicted molar refractivity (Wildman–Crippen MR) is 73.8 cm³/mol. The first-order chi connectivity index (χ1) is 8.66. The van der Waals surface area contributed by atoms with Crippen LogP contribution < -0.4 is 10.9 Å². The van der Waals surface area contributed by atoms with Crippen LogP contribution in [0.2, 0.25) is 0 Å². The number of nitrogens with one attached hydrogen (secondary N) is 1. The van der Waals surface area contributed by atoms with Crippen molar-refractivity contribution < 1.29 is 0 Å². The summed E-state index contributed by atoms with van der Waals surface area (Å²) in [6.45, 7) is 1.93. The first-order valence-corrected chi connectivity index (χ1v) is 6.80. The fraction of sp³-hybridized carbons (Fsp3) is 0.538. The largest absolute Gasteiger partial charge is 0.337 e. The van der Waals surface area contributed by atoms with Crippen LogP contribution in [-0.2, 0) is 0 Å². The van der Waals surface area contributed by atoms with Gasteiger partial charge in [0, 0.05) is 23.9 Å². The zero-order chi connectivity index (χ0) is 12.7. The molecule has 1 unspecified atom stereocenters. The summed E-state index contributed by atoms with van der Waals surface area (Å²) in [6, 6.07) is 1.99. The standard InChI is InChI=1S/C13H16ClN3O/c1-8-6-11(18)17(9-4-2-3-5-9)12-10(8)7-15-13(14)16-12/h6-7,9,13,16H,2-5H2,1H3. The van der Waals surface area contributed by atoms with E-state index in [1.165, 1.54) is 12.8 Å². The Labute approximate surface area is 111 Å². The Balaban J connectivity index is 2.19. The Kier molecular flexibility index (Phi) is 2.90. The number of aromatic nitrogens is 1. The molecule has 1 aliphatic heterocycles. The molecule has 1 aliphatic carbocycles. The fourth-order valence-corrected chi connectivity index (χ4v) is 3.04. The second-order valence-corrected chi connectivity index (χ2v) is 5.41. The maximum Gasteiger partial charge on any atom is 0.252 e. The number of fused-ring (bicyclic) bond motifs is 1. The maximum atomic E-state index is 12.2. The van der Waals surface area contributed by atoms with Crippen LogP contribution in [0, 0.1) is 6.92 Å². The van der Waals surface area contributed by atoms with Crippen molar-refractivity contribution in [3.05, 3.63) is 27.5 Å². The van der Waals surface area contributed by atoms with Crippen molar-refractivity contribution in [1.82, 2.24) is 4.57 Å². The minimum atomic E-state index is -0.480. The molecule has 1 aromatic rings.